The maximum atomic E-state index is 13.1. The third-order valence-corrected chi connectivity index (χ3v) is 20.6. The Morgan fingerprint density at radius 1 is 0.296 bits per heavy atom. The summed E-state index contributed by atoms with van der Waals surface area (Å²) in [5, 5.41) is 10.6. The number of phosphoric acid groups is 2. The van der Waals surface area contributed by atoms with Crippen molar-refractivity contribution in [2.75, 3.05) is 39.6 Å². The van der Waals surface area contributed by atoms with Crippen LogP contribution in [0.2, 0.25) is 0 Å². The summed E-state index contributed by atoms with van der Waals surface area (Å²) in [6.45, 7) is 11.9. The molecule has 0 fully saturated rings. The van der Waals surface area contributed by atoms with Gasteiger partial charge in [-0.05, 0) is 43.4 Å². The molecule has 3 unspecified atom stereocenters. The largest absolute Gasteiger partial charge is 0.472 e. The monoisotopic (exact) mass is 1440 g/mol. The van der Waals surface area contributed by atoms with Gasteiger partial charge in [-0.25, -0.2) is 9.13 Å². The number of carbonyl (C=O) groups excluding carboxylic acids is 4. The quantitative estimate of drug-likeness (QED) is 0.0222. The van der Waals surface area contributed by atoms with E-state index in [0.717, 1.165) is 102 Å². The number of hydrogen-bond donors (Lipinski definition) is 3. The molecular formula is C79H154O17P2. The van der Waals surface area contributed by atoms with Crippen molar-refractivity contribution in [1.29, 1.82) is 0 Å². The lowest BCUT2D eigenvalue weighted by atomic mass is 9.99. The molecule has 0 aromatic rings. The third kappa shape index (κ3) is 71.1. The zero-order valence-corrected chi connectivity index (χ0v) is 66.0. The van der Waals surface area contributed by atoms with Gasteiger partial charge in [0, 0.05) is 25.7 Å². The average Bonchev–Trinajstić information content (AvgIpc) is 2.25. The van der Waals surface area contributed by atoms with Gasteiger partial charge in [0.1, 0.15) is 19.3 Å². The van der Waals surface area contributed by atoms with Crippen LogP contribution < -0.4 is 0 Å². The van der Waals surface area contributed by atoms with Gasteiger partial charge in [0.25, 0.3) is 0 Å². The van der Waals surface area contributed by atoms with Crippen LogP contribution in [0.5, 0.6) is 0 Å². The van der Waals surface area contributed by atoms with Crippen molar-refractivity contribution in [3.8, 4) is 0 Å². The summed E-state index contributed by atoms with van der Waals surface area (Å²) >= 11 is 0. The fourth-order valence-corrected chi connectivity index (χ4v) is 13.7. The maximum absolute atomic E-state index is 13.1. The molecule has 0 saturated carbocycles. The molecule has 0 radical (unpaired) electrons. The molecule has 0 aliphatic carbocycles. The van der Waals surface area contributed by atoms with Crippen molar-refractivity contribution >= 4 is 39.5 Å². The van der Waals surface area contributed by atoms with Gasteiger partial charge in [0.15, 0.2) is 12.2 Å². The topological polar surface area (TPSA) is 237 Å². The second-order valence-electron chi connectivity index (χ2n) is 29.6. The third-order valence-electron chi connectivity index (χ3n) is 18.7. The van der Waals surface area contributed by atoms with Gasteiger partial charge >= 0.3 is 39.5 Å². The van der Waals surface area contributed by atoms with Crippen molar-refractivity contribution in [3.63, 3.8) is 0 Å². The highest BCUT2D eigenvalue weighted by atomic mass is 31.2. The zero-order chi connectivity index (χ0) is 72.3. The molecule has 19 heteroatoms. The van der Waals surface area contributed by atoms with Crippen LogP contribution in [0, 0.1) is 17.8 Å². The normalized spacial score (nSPS) is 14.3. The van der Waals surface area contributed by atoms with Crippen molar-refractivity contribution in [1.82, 2.24) is 0 Å². The van der Waals surface area contributed by atoms with E-state index in [1.54, 1.807) is 0 Å². The first-order chi connectivity index (χ1) is 47.3. The number of rotatable bonds is 77. The maximum Gasteiger partial charge on any atom is 0.472 e. The van der Waals surface area contributed by atoms with Crippen molar-refractivity contribution in [3.05, 3.63) is 0 Å². The minimum atomic E-state index is -4.96. The lowest BCUT2D eigenvalue weighted by Gasteiger charge is -2.21. The Balaban J connectivity index is 5.18. The fourth-order valence-electron chi connectivity index (χ4n) is 12.1. The number of aliphatic hydroxyl groups excluding tert-OH is 1. The summed E-state index contributed by atoms with van der Waals surface area (Å²) in [5.41, 5.74) is 0. The first-order valence-corrected chi connectivity index (χ1v) is 43.9. The summed E-state index contributed by atoms with van der Waals surface area (Å²) in [6, 6.07) is 0. The number of aliphatic hydroxyl groups is 1. The number of esters is 4. The minimum Gasteiger partial charge on any atom is -0.462 e. The first kappa shape index (κ1) is 96.1. The van der Waals surface area contributed by atoms with Crippen molar-refractivity contribution in [2.24, 2.45) is 17.8 Å². The molecule has 582 valence electrons. The van der Waals surface area contributed by atoms with Gasteiger partial charge in [0.05, 0.1) is 26.4 Å². The highest BCUT2D eigenvalue weighted by Crippen LogP contribution is 2.45. The molecule has 6 atom stereocenters. The summed E-state index contributed by atoms with van der Waals surface area (Å²) in [6.07, 6.45) is 57.1. The van der Waals surface area contributed by atoms with Crippen LogP contribution in [0.15, 0.2) is 0 Å². The minimum absolute atomic E-state index is 0.103. The van der Waals surface area contributed by atoms with E-state index in [4.69, 9.17) is 37.0 Å². The molecule has 0 aromatic heterocycles. The number of phosphoric ester groups is 2. The molecule has 17 nitrogen and oxygen atoms in total. The van der Waals surface area contributed by atoms with E-state index in [0.29, 0.717) is 31.6 Å². The predicted octanol–water partition coefficient (Wildman–Crippen LogP) is 23.4. The van der Waals surface area contributed by atoms with E-state index in [-0.39, 0.29) is 25.7 Å². The van der Waals surface area contributed by atoms with E-state index in [2.05, 4.69) is 48.5 Å². The highest BCUT2D eigenvalue weighted by molar-refractivity contribution is 7.47. The van der Waals surface area contributed by atoms with Gasteiger partial charge < -0.3 is 33.8 Å². The lowest BCUT2D eigenvalue weighted by Crippen LogP contribution is -2.30. The number of hydrogen-bond acceptors (Lipinski definition) is 15. The van der Waals surface area contributed by atoms with Gasteiger partial charge in [0.2, 0.25) is 0 Å². The molecule has 0 aliphatic heterocycles. The first-order valence-electron chi connectivity index (χ1n) is 40.9. The molecule has 3 N–H and O–H groups in total. The van der Waals surface area contributed by atoms with E-state index >= 15 is 0 Å². The fraction of sp³-hybridized carbons (Fsp3) is 0.949. The molecule has 0 heterocycles. The van der Waals surface area contributed by atoms with Crippen molar-refractivity contribution in [2.45, 2.75) is 426 Å². The molecule has 0 spiro atoms. The summed E-state index contributed by atoms with van der Waals surface area (Å²) in [5.74, 6) is 0.248. The molecular weight excluding hydrogens is 1280 g/mol. The van der Waals surface area contributed by atoms with Crippen LogP contribution in [-0.2, 0) is 65.4 Å². The second kappa shape index (κ2) is 69.4. The van der Waals surface area contributed by atoms with Gasteiger partial charge in [-0.15, -0.1) is 0 Å². The highest BCUT2D eigenvalue weighted by Gasteiger charge is 2.30. The molecule has 98 heavy (non-hydrogen) atoms. The van der Waals surface area contributed by atoms with Crippen LogP contribution in [0.4, 0.5) is 0 Å². The Morgan fingerprint density at radius 3 is 0.776 bits per heavy atom. The van der Waals surface area contributed by atoms with Crippen LogP contribution >= 0.6 is 15.6 Å². The Morgan fingerprint density at radius 2 is 0.520 bits per heavy atom. The van der Waals surface area contributed by atoms with Gasteiger partial charge in [-0.2, -0.15) is 0 Å². The molecule has 0 amide bonds. The van der Waals surface area contributed by atoms with E-state index < -0.39 is 97.5 Å². The number of ether oxygens (including phenoxy) is 4. The Hall–Kier alpha value is -1.94. The van der Waals surface area contributed by atoms with Gasteiger partial charge in [-0.3, -0.25) is 37.3 Å². The smallest absolute Gasteiger partial charge is 0.462 e. The van der Waals surface area contributed by atoms with E-state index in [1.165, 1.54) is 218 Å². The average molecular weight is 1440 g/mol. The molecule has 0 saturated heterocycles. The van der Waals surface area contributed by atoms with E-state index in [9.17, 15) is 43.2 Å². The molecule has 0 rings (SSSR count). The summed E-state index contributed by atoms with van der Waals surface area (Å²) in [4.78, 5) is 72.8. The van der Waals surface area contributed by atoms with Crippen LogP contribution in [0.25, 0.3) is 0 Å². The number of unbranched alkanes of at least 4 members (excludes halogenated alkanes) is 44. The molecule has 0 aromatic carbocycles. The van der Waals surface area contributed by atoms with Crippen LogP contribution in [-0.4, -0.2) is 96.7 Å². The summed E-state index contributed by atoms with van der Waals surface area (Å²) < 4.78 is 68.5. The van der Waals surface area contributed by atoms with Gasteiger partial charge in [-0.1, -0.05) is 357 Å². The molecule has 0 bridgehead atoms. The lowest BCUT2D eigenvalue weighted by molar-refractivity contribution is -0.161. The van der Waals surface area contributed by atoms with Crippen LogP contribution in [0.1, 0.15) is 408 Å². The molecule has 0 aliphatic rings. The Bertz CT molecular complexity index is 1910. The number of carbonyl (C=O) groups is 4. The predicted molar refractivity (Wildman–Crippen MR) is 400 cm³/mol. The van der Waals surface area contributed by atoms with E-state index in [1.807, 2.05) is 0 Å². The Kier molecular flexibility index (Phi) is 68.1. The van der Waals surface area contributed by atoms with Crippen LogP contribution in [0.3, 0.4) is 0 Å². The zero-order valence-electron chi connectivity index (χ0n) is 64.3. The second-order valence-corrected chi connectivity index (χ2v) is 32.6. The SMILES string of the molecule is CCCCCCCCCCCC(=O)OC[C@H](COP(=O)(O)OC[C@H](O)COP(=O)(O)OC[C@@H](COC(=O)CCCCCCCCCCCCCCCCC(C)C)OC(=O)CCCCCCCCCCCCCCCCCCCCC(C)CC)OC(=O)CCCCCCCCCC(C)C. The van der Waals surface area contributed by atoms with Crippen molar-refractivity contribution < 1.29 is 80.2 Å². The standard InChI is InChI=1S/C79H154O17P2/c1-8-10-11-12-13-30-39-46-53-60-76(81)89-67-75(96-79(84)63-56-49-42-35-37-44-51-58-71(5)6)69-94-98(87,88)92-65-73(80)64-91-97(85,86)93-68-74(66-90-77(82)61-54-47-40-33-28-24-21-20-22-26-31-36-43-50-57-70(3)4)95-78(83)62-55-48-41-34-29-25-19-17-15-14-16-18-23-27-32-38-45-52-59-72(7)9-2/h70-75,80H,8-69H2,1-7H3,(H,85,86)(H,87,88)/t72?,73-,74-,75-/m1/s1. The summed E-state index contributed by atoms with van der Waals surface area (Å²) in [7, 11) is -9.91. The Labute approximate surface area is 600 Å².